The van der Waals surface area contributed by atoms with E-state index in [1.807, 2.05) is 0 Å². The lowest BCUT2D eigenvalue weighted by atomic mass is 10.3. The van der Waals surface area contributed by atoms with Gasteiger partial charge < -0.3 is 0 Å². The maximum absolute atomic E-state index is 12.3. The normalized spacial score (nSPS) is 10.8. The number of H-pyrrole nitrogens is 2. The van der Waals surface area contributed by atoms with Crippen LogP contribution >= 0.6 is 0 Å². The van der Waals surface area contributed by atoms with Crippen LogP contribution in [0.25, 0.3) is 16.9 Å². The van der Waals surface area contributed by atoms with Crippen molar-refractivity contribution in [3.8, 4) is 5.95 Å². The monoisotopic (exact) mass is 271 g/mol. The van der Waals surface area contributed by atoms with Crippen LogP contribution in [0.4, 0.5) is 0 Å². The first-order chi connectivity index (χ1) is 9.56. The number of aryl methyl sites for hydroxylation is 1. The molecule has 20 heavy (non-hydrogen) atoms. The molecule has 3 aromatic rings. The smallest absolute Gasteiger partial charge is 0.289 e. The summed E-state index contributed by atoms with van der Waals surface area (Å²) in [5, 5.41) is 2.50. The van der Waals surface area contributed by atoms with Crippen molar-refractivity contribution in [3.05, 3.63) is 61.2 Å². The molecule has 0 aliphatic carbocycles. The summed E-state index contributed by atoms with van der Waals surface area (Å²) in [6, 6.07) is 4.33. The second-order valence-electron chi connectivity index (χ2n) is 4.19. The summed E-state index contributed by atoms with van der Waals surface area (Å²) in [6.07, 6.45) is 1.42. The molecular formula is C12H9N5O3. The van der Waals surface area contributed by atoms with Crippen LogP contribution in [0.1, 0.15) is 5.69 Å². The van der Waals surface area contributed by atoms with E-state index in [0.717, 1.165) is 4.68 Å². The highest BCUT2D eigenvalue weighted by molar-refractivity contribution is 5.75. The first kappa shape index (κ1) is 12.0. The summed E-state index contributed by atoms with van der Waals surface area (Å²) in [5.74, 6) is -0.0390. The number of aromatic nitrogens is 5. The maximum atomic E-state index is 12.3. The molecule has 0 aliphatic heterocycles. The minimum atomic E-state index is -0.538. The van der Waals surface area contributed by atoms with Crippen LogP contribution in [0.3, 0.4) is 0 Å². The largest absolute Gasteiger partial charge is 0.291 e. The number of hydrogen-bond acceptors (Lipinski definition) is 5. The fourth-order valence-electron chi connectivity index (χ4n) is 1.90. The van der Waals surface area contributed by atoms with Crippen LogP contribution in [0, 0.1) is 6.92 Å². The lowest BCUT2D eigenvalue weighted by Crippen LogP contribution is -2.31. The summed E-state index contributed by atoms with van der Waals surface area (Å²) >= 11 is 0. The Hall–Kier alpha value is -3.03. The lowest BCUT2D eigenvalue weighted by Gasteiger charge is -2.05. The molecule has 0 aromatic carbocycles. The lowest BCUT2D eigenvalue weighted by molar-refractivity contribution is 0.737. The van der Waals surface area contributed by atoms with E-state index in [1.54, 1.807) is 13.0 Å². The Balaban J connectivity index is 2.43. The molecule has 3 aromatic heterocycles. The first-order valence-corrected chi connectivity index (χ1v) is 5.74. The summed E-state index contributed by atoms with van der Waals surface area (Å²) in [6.45, 7) is 1.62. The number of nitrogens with one attached hydrogen (secondary N) is 2. The number of nitrogens with zero attached hydrogens (tertiary/aromatic N) is 3. The molecular weight excluding hydrogens is 262 g/mol. The Morgan fingerprint density at radius 1 is 1.25 bits per heavy atom. The van der Waals surface area contributed by atoms with E-state index < -0.39 is 16.7 Å². The van der Waals surface area contributed by atoms with E-state index in [4.69, 9.17) is 0 Å². The van der Waals surface area contributed by atoms with Gasteiger partial charge in [-0.2, -0.15) is 4.68 Å². The molecule has 0 saturated heterocycles. The highest BCUT2D eigenvalue weighted by Crippen LogP contribution is 2.00. The second-order valence-corrected chi connectivity index (χ2v) is 4.19. The average Bonchev–Trinajstić information content (AvgIpc) is 2.42. The van der Waals surface area contributed by atoms with E-state index in [1.165, 1.54) is 18.3 Å². The van der Waals surface area contributed by atoms with Gasteiger partial charge in [-0.25, -0.2) is 4.98 Å². The molecule has 3 rings (SSSR count). The molecule has 0 unspecified atom stereocenters. The third kappa shape index (κ3) is 1.83. The van der Waals surface area contributed by atoms with E-state index in [-0.39, 0.29) is 16.9 Å². The van der Waals surface area contributed by atoms with E-state index in [9.17, 15) is 14.4 Å². The Kier molecular flexibility index (Phi) is 2.56. The topological polar surface area (TPSA) is 114 Å². The molecule has 0 fully saturated rings. The van der Waals surface area contributed by atoms with Crippen LogP contribution in [0.2, 0.25) is 0 Å². The van der Waals surface area contributed by atoms with Gasteiger partial charge >= 0.3 is 0 Å². The minimum Gasteiger partial charge on any atom is -0.291 e. The molecule has 0 aliphatic rings. The molecule has 0 saturated carbocycles. The second kappa shape index (κ2) is 4.26. The molecule has 2 N–H and O–H groups in total. The van der Waals surface area contributed by atoms with E-state index in [2.05, 4.69) is 20.1 Å². The minimum absolute atomic E-state index is 0.0390. The highest BCUT2D eigenvalue weighted by atomic mass is 16.2. The Morgan fingerprint density at radius 2 is 2.05 bits per heavy atom. The van der Waals surface area contributed by atoms with Gasteiger partial charge in [0.25, 0.3) is 16.7 Å². The fraction of sp³-hybridized carbons (Fsp3) is 0.0833. The van der Waals surface area contributed by atoms with Crippen LogP contribution in [-0.4, -0.2) is 24.7 Å². The maximum Gasteiger partial charge on any atom is 0.289 e. The molecule has 0 spiro atoms. The SMILES string of the molecule is Cc1cc(=O)[nH]c(-n2[nH]c(=O)c3ncccc3c2=O)n1. The molecule has 0 radical (unpaired) electrons. The van der Waals surface area contributed by atoms with Gasteiger partial charge in [-0.3, -0.25) is 29.5 Å². The standard InChI is InChI=1S/C12H9N5O3/c1-6-5-8(18)15-12(14-6)17-11(20)7-3-2-4-13-9(7)10(19)16-17/h2-5H,1H3,(H,16,19)(H,14,15,18). The van der Waals surface area contributed by atoms with Gasteiger partial charge in [0.05, 0.1) is 5.39 Å². The molecule has 0 atom stereocenters. The van der Waals surface area contributed by atoms with Gasteiger partial charge in [-0.1, -0.05) is 0 Å². The zero-order valence-corrected chi connectivity index (χ0v) is 10.4. The number of hydrogen-bond donors (Lipinski definition) is 2. The van der Waals surface area contributed by atoms with Gasteiger partial charge in [0, 0.05) is 18.0 Å². The quantitative estimate of drug-likeness (QED) is 0.617. The predicted molar refractivity (Wildman–Crippen MR) is 71.1 cm³/mol. The summed E-state index contributed by atoms with van der Waals surface area (Å²) in [5.41, 5.74) is -0.983. The zero-order chi connectivity index (χ0) is 14.3. The van der Waals surface area contributed by atoms with Gasteiger partial charge in [0.1, 0.15) is 5.52 Å². The van der Waals surface area contributed by atoms with Crippen molar-refractivity contribution in [2.45, 2.75) is 6.92 Å². The Bertz CT molecular complexity index is 983. The highest BCUT2D eigenvalue weighted by Gasteiger charge is 2.10. The average molecular weight is 271 g/mol. The van der Waals surface area contributed by atoms with Crippen LogP contribution in [0.5, 0.6) is 0 Å². The molecule has 3 heterocycles. The molecule has 0 amide bonds. The van der Waals surface area contributed by atoms with Gasteiger partial charge in [-0.15, -0.1) is 0 Å². The van der Waals surface area contributed by atoms with Crippen molar-refractivity contribution in [1.29, 1.82) is 0 Å². The third-order valence-electron chi connectivity index (χ3n) is 2.74. The third-order valence-corrected chi connectivity index (χ3v) is 2.74. The molecule has 8 nitrogen and oxygen atoms in total. The number of aromatic amines is 2. The first-order valence-electron chi connectivity index (χ1n) is 5.74. The Labute approximate surface area is 110 Å². The predicted octanol–water partition coefficient (Wildman–Crippen LogP) is -0.534. The summed E-state index contributed by atoms with van der Waals surface area (Å²) in [7, 11) is 0. The number of pyridine rings is 1. The van der Waals surface area contributed by atoms with Crippen LogP contribution in [0.15, 0.2) is 38.8 Å². The van der Waals surface area contributed by atoms with Crippen molar-refractivity contribution in [3.63, 3.8) is 0 Å². The van der Waals surface area contributed by atoms with Crippen molar-refractivity contribution < 1.29 is 0 Å². The van der Waals surface area contributed by atoms with Gasteiger partial charge in [0.2, 0.25) is 5.95 Å². The van der Waals surface area contributed by atoms with E-state index in [0.29, 0.717) is 5.69 Å². The molecule has 8 heteroatoms. The Morgan fingerprint density at radius 3 is 2.80 bits per heavy atom. The number of fused-ring (bicyclic) bond motifs is 1. The summed E-state index contributed by atoms with van der Waals surface area (Å²) in [4.78, 5) is 45.9. The van der Waals surface area contributed by atoms with Crippen molar-refractivity contribution >= 4 is 10.9 Å². The van der Waals surface area contributed by atoms with Crippen molar-refractivity contribution in [2.75, 3.05) is 0 Å². The number of rotatable bonds is 1. The van der Waals surface area contributed by atoms with Gasteiger partial charge in [-0.05, 0) is 19.1 Å². The molecule has 0 bridgehead atoms. The van der Waals surface area contributed by atoms with E-state index >= 15 is 0 Å². The van der Waals surface area contributed by atoms with Crippen LogP contribution in [-0.2, 0) is 0 Å². The fourth-order valence-corrected chi connectivity index (χ4v) is 1.90. The van der Waals surface area contributed by atoms with Crippen molar-refractivity contribution in [2.24, 2.45) is 0 Å². The van der Waals surface area contributed by atoms with Gasteiger partial charge in [0.15, 0.2) is 0 Å². The zero-order valence-electron chi connectivity index (χ0n) is 10.4. The van der Waals surface area contributed by atoms with Crippen molar-refractivity contribution in [1.82, 2.24) is 24.7 Å². The molecule has 100 valence electrons. The summed E-state index contributed by atoms with van der Waals surface area (Å²) < 4.78 is 0.904. The van der Waals surface area contributed by atoms with Crippen LogP contribution < -0.4 is 16.7 Å².